The lowest BCUT2D eigenvalue weighted by atomic mass is 10.2. The molecule has 0 spiro atoms. The maximum Gasteiger partial charge on any atom is 0.244 e. The number of rotatable bonds is 5. The van der Waals surface area contributed by atoms with Crippen molar-refractivity contribution < 1.29 is 8.42 Å². The minimum atomic E-state index is -3.55. The Labute approximate surface area is 127 Å². The molecule has 1 heterocycles. The lowest BCUT2D eigenvalue weighted by molar-refractivity contribution is 0.580. The van der Waals surface area contributed by atoms with Crippen molar-refractivity contribution in [1.29, 1.82) is 0 Å². The van der Waals surface area contributed by atoms with Gasteiger partial charge in [0.15, 0.2) is 0 Å². The van der Waals surface area contributed by atoms with Crippen molar-refractivity contribution >= 4 is 26.0 Å². The quantitative estimate of drug-likeness (QED) is 0.806. The monoisotopic (exact) mass is 357 g/mol. The van der Waals surface area contributed by atoms with Crippen molar-refractivity contribution in [2.75, 3.05) is 0 Å². The number of hydrogen-bond acceptors (Lipinski definition) is 3. The van der Waals surface area contributed by atoms with Gasteiger partial charge in [0.2, 0.25) is 10.0 Å². The van der Waals surface area contributed by atoms with Gasteiger partial charge in [0.25, 0.3) is 0 Å². The fourth-order valence-electron chi connectivity index (χ4n) is 1.93. The van der Waals surface area contributed by atoms with Crippen LogP contribution in [0.5, 0.6) is 0 Å². The van der Waals surface area contributed by atoms with E-state index in [1.165, 1.54) is 0 Å². The van der Waals surface area contributed by atoms with Crippen LogP contribution in [0.25, 0.3) is 0 Å². The van der Waals surface area contributed by atoms with E-state index in [1.807, 2.05) is 24.3 Å². The summed E-state index contributed by atoms with van der Waals surface area (Å²) in [7, 11) is -3.55. The summed E-state index contributed by atoms with van der Waals surface area (Å²) in [6, 6.07) is 7.75. The number of benzene rings is 1. The molecular weight excluding hydrogens is 342 g/mol. The summed E-state index contributed by atoms with van der Waals surface area (Å²) in [4.78, 5) is 0.231. The molecule has 20 heavy (non-hydrogen) atoms. The summed E-state index contributed by atoms with van der Waals surface area (Å²) in [5.41, 5.74) is 3.09. The molecule has 108 valence electrons. The molecule has 0 aliphatic rings. The molecule has 7 heteroatoms. The van der Waals surface area contributed by atoms with Crippen molar-refractivity contribution in [2.24, 2.45) is 0 Å². The van der Waals surface area contributed by atoms with Gasteiger partial charge in [-0.15, -0.1) is 0 Å². The summed E-state index contributed by atoms with van der Waals surface area (Å²) in [6.45, 7) is 3.62. The van der Waals surface area contributed by atoms with E-state index in [1.54, 1.807) is 13.8 Å². The Morgan fingerprint density at radius 2 is 1.80 bits per heavy atom. The molecule has 0 saturated carbocycles. The first-order valence-corrected chi connectivity index (χ1v) is 8.69. The zero-order valence-corrected chi connectivity index (χ0v) is 13.7. The van der Waals surface area contributed by atoms with Crippen molar-refractivity contribution in [2.45, 2.75) is 30.6 Å². The summed E-state index contributed by atoms with van der Waals surface area (Å²) in [5, 5.41) is 7.38. The van der Waals surface area contributed by atoms with Gasteiger partial charge >= 0.3 is 0 Å². The number of sulfonamides is 1. The van der Waals surface area contributed by atoms with E-state index in [9.17, 15) is 8.42 Å². The van der Waals surface area contributed by atoms with Gasteiger partial charge in [0.1, 0.15) is 4.90 Å². The third kappa shape index (κ3) is 3.28. The highest BCUT2D eigenvalue weighted by atomic mass is 79.9. The molecule has 2 rings (SSSR count). The predicted octanol–water partition coefficient (Wildman–Crippen LogP) is 2.40. The number of aromatic amines is 1. The van der Waals surface area contributed by atoms with E-state index >= 15 is 0 Å². The van der Waals surface area contributed by atoms with Crippen LogP contribution in [-0.2, 0) is 21.9 Å². The Kier molecular flexibility index (Phi) is 4.62. The molecule has 0 bridgehead atoms. The number of aromatic nitrogens is 2. The minimum absolute atomic E-state index is 0.231. The van der Waals surface area contributed by atoms with Crippen LogP contribution in [0.2, 0.25) is 0 Å². The van der Waals surface area contributed by atoms with E-state index < -0.39 is 10.0 Å². The molecule has 2 aromatic rings. The third-order valence-electron chi connectivity index (χ3n) is 2.97. The molecule has 5 nitrogen and oxygen atoms in total. The number of alkyl halides is 1. The minimum Gasteiger partial charge on any atom is -0.281 e. The molecule has 0 atom stereocenters. The molecule has 0 saturated heterocycles. The highest BCUT2D eigenvalue weighted by Gasteiger charge is 2.21. The van der Waals surface area contributed by atoms with E-state index in [-0.39, 0.29) is 11.4 Å². The van der Waals surface area contributed by atoms with Crippen LogP contribution in [0.3, 0.4) is 0 Å². The maximum absolute atomic E-state index is 12.3. The molecule has 1 aromatic heterocycles. The maximum atomic E-state index is 12.3. The van der Waals surface area contributed by atoms with Gasteiger partial charge in [0.05, 0.1) is 11.4 Å². The fourth-order valence-corrected chi connectivity index (χ4v) is 3.69. The van der Waals surface area contributed by atoms with E-state index in [4.69, 9.17) is 0 Å². The van der Waals surface area contributed by atoms with Gasteiger partial charge in [-0.05, 0) is 25.0 Å². The van der Waals surface area contributed by atoms with E-state index in [0.717, 1.165) is 16.5 Å². The van der Waals surface area contributed by atoms with Gasteiger partial charge in [0, 0.05) is 11.9 Å². The summed E-state index contributed by atoms with van der Waals surface area (Å²) >= 11 is 3.37. The first-order chi connectivity index (χ1) is 9.44. The Hall–Kier alpha value is -1.18. The SMILES string of the molecule is Cc1n[nH]c(C)c1S(=O)(=O)NCc1ccc(CBr)cc1. The lowest BCUT2D eigenvalue weighted by Gasteiger charge is -2.07. The Balaban J connectivity index is 2.13. The third-order valence-corrected chi connectivity index (χ3v) is 5.28. The smallest absolute Gasteiger partial charge is 0.244 e. The van der Waals surface area contributed by atoms with Crippen LogP contribution in [-0.4, -0.2) is 18.6 Å². The average Bonchev–Trinajstić information content (AvgIpc) is 2.77. The lowest BCUT2D eigenvalue weighted by Crippen LogP contribution is -2.24. The summed E-state index contributed by atoms with van der Waals surface area (Å²) in [5.74, 6) is 0. The van der Waals surface area contributed by atoms with Gasteiger partial charge in [-0.25, -0.2) is 13.1 Å². The van der Waals surface area contributed by atoms with Gasteiger partial charge in [-0.3, -0.25) is 5.10 Å². The molecule has 2 N–H and O–H groups in total. The second-order valence-corrected chi connectivity index (χ2v) is 6.80. The number of aryl methyl sites for hydroxylation is 2. The molecule has 0 fully saturated rings. The van der Waals surface area contributed by atoms with Crippen LogP contribution < -0.4 is 4.72 Å². The fraction of sp³-hybridized carbons (Fsp3) is 0.308. The van der Waals surface area contributed by atoms with Crippen LogP contribution in [0, 0.1) is 13.8 Å². The molecule has 0 aliphatic carbocycles. The zero-order valence-electron chi connectivity index (χ0n) is 11.3. The first kappa shape index (κ1) is 15.2. The van der Waals surface area contributed by atoms with Crippen molar-refractivity contribution in [1.82, 2.24) is 14.9 Å². The highest BCUT2D eigenvalue weighted by Crippen LogP contribution is 2.17. The van der Waals surface area contributed by atoms with Gasteiger partial charge < -0.3 is 0 Å². The van der Waals surface area contributed by atoms with Crippen molar-refractivity contribution in [3.63, 3.8) is 0 Å². The van der Waals surface area contributed by atoms with Gasteiger partial charge in [-0.2, -0.15) is 5.10 Å². The standard InChI is InChI=1S/C13H16BrN3O2S/c1-9-13(10(2)17-16-9)20(18,19)15-8-12-5-3-11(7-14)4-6-12/h3-6,15H,7-8H2,1-2H3,(H,16,17). The molecule has 0 aliphatic heterocycles. The molecule has 0 unspecified atom stereocenters. The number of halogens is 1. The molecule has 0 amide bonds. The second kappa shape index (κ2) is 6.07. The number of H-pyrrole nitrogens is 1. The predicted molar refractivity (Wildman–Crippen MR) is 81.2 cm³/mol. The Morgan fingerprint density at radius 3 is 2.30 bits per heavy atom. The van der Waals surface area contributed by atoms with Crippen LogP contribution in [0.4, 0.5) is 0 Å². The van der Waals surface area contributed by atoms with Crippen LogP contribution in [0.1, 0.15) is 22.5 Å². The second-order valence-electron chi connectivity index (χ2n) is 4.54. The molecule has 1 aromatic carbocycles. The normalized spacial score (nSPS) is 11.8. The Bertz CT molecular complexity index is 673. The van der Waals surface area contributed by atoms with Gasteiger partial charge in [-0.1, -0.05) is 40.2 Å². The zero-order chi connectivity index (χ0) is 14.8. The summed E-state index contributed by atoms with van der Waals surface area (Å²) < 4.78 is 27.1. The Morgan fingerprint density at radius 1 is 1.20 bits per heavy atom. The summed E-state index contributed by atoms with van der Waals surface area (Å²) in [6.07, 6.45) is 0. The molecular formula is C13H16BrN3O2S. The van der Waals surface area contributed by atoms with Crippen molar-refractivity contribution in [3.05, 3.63) is 46.8 Å². The average molecular weight is 358 g/mol. The van der Waals surface area contributed by atoms with Crippen LogP contribution in [0.15, 0.2) is 29.2 Å². The number of nitrogens with zero attached hydrogens (tertiary/aromatic N) is 1. The number of nitrogens with one attached hydrogen (secondary N) is 2. The number of hydrogen-bond donors (Lipinski definition) is 2. The highest BCUT2D eigenvalue weighted by molar-refractivity contribution is 9.08. The molecule has 0 radical (unpaired) electrons. The van der Waals surface area contributed by atoms with Crippen LogP contribution >= 0.6 is 15.9 Å². The topological polar surface area (TPSA) is 74.8 Å². The van der Waals surface area contributed by atoms with E-state index in [2.05, 4.69) is 30.8 Å². The van der Waals surface area contributed by atoms with E-state index in [0.29, 0.717) is 11.4 Å². The van der Waals surface area contributed by atoms with Crippen molar-refractivity contribution in [3.8, 4) is 0 Å². The largest absolute Gasteiger partial charge is 0.281 e. The first-order valence-electron chi connectivity index (χ1n) is 6.09.